The largest absolute Gasteiger partial charge is 0.465 e. The number of hydrogen-bond acceptors (Lipinski definition) is 4. The molecule has 0 atom stereocenters. The Morgan fingerprint density at radius 2 is 1.77 bits per heavy atom. The molecule has 2 aromatic carbocycles. The van der Waals surface area contributed by atoms with E-state index in [1.807, 2.05) is 67.5 Å². The fourth-order valence-electron chi connectivity index (χ4n) is 2.96. The van der Waals surface area contributed by atoms with Crippen molar-refractivity contribution in [2.24, 2.45) is 0 Å². The molecule has 3 rings (SSSR count). The zero-order chi connectivity index (χ0) is 18.7. The lowest BCUT2D eigenvalue weighted by molar-refractivity contribution is -0.116. The summed E-state index contributed by atoms with van der Waals surface area (Å²) >= 11 is 0. The van der Waals surface area contributed by atoms with E-state index in [1.54, 1.807) is 10.8 Å². The zero-order valence-corrected chi connectivity index (χ0v) is 15.0. The van der Waals surface area contributed by atoms with Crippen LogP contribution < -0.4 is 10.2 Å². The lowest BCUT2D eigenvalue weighted by Gasteiger charge is -2.18. The normalized spacial score (nSPS) is 10.6. The van der Waals surface area contributed by atoms with Gasteiger partial charge in [-0.1, -0.05) is 30.3 Å². The van der Waals surface area contributed by atoms with Crippen LogP contribution in [-0.4, -0.2) is 37.6 Å². The van der Waals surface area contributed by atoms with Crippen LogP contribution in [0.25, 0.3) is 10.9 Å². The second kappa shape index (κ2) is 7.31. The first-order valence-corrected chi connectivity index (χ1v) is 8.23. The van der Waals surface area contributed by atoms with Crippen LogP contribution in [0.2, 0.25) is 0 Å². The molecule has 3 aromatic rings. The average Bonchev–Trinajstić information content (AvgIpc) is 3.00. The number of aromatic nitrogens is 1. The monoisotopic (exact) mass is 351 g/mol. The van der Waals surface area contributed by atoms with Crippen LogP contribution in [0.3, 0.4) is 0 Å². The van der Waals surface area contributed by atoms with Crippen molar-refractivity contribution in [3.05, 3.63) is 60.3 Å². The summed E-state index contributed by atoms with van der Waals surface area (Å²) in [6, 6.07) is 15.1. The topological polar surface area (TPSA) is 63.6 Å². The Kier molecular flexibility index (Phi) is 4.93. The average molecular weight is 351 g/mol. The highest BCUT2D eigenvalue weighted by atomic mass is 16.5. The van der Waals surface area contributed by atoms with Crippen LogP contribution in [0.4, 0.5) is 11.4 Å². The minimum absolute atomic E-state index is 0.0965. The van der Waals surface area contributed by atoms with E-state index in [0.29, 0.717) is 5.56 Å². The van der Waals surface area contributed by atoms with E-state index in [-0.39, 0.29) is 12.5 Å². The van der Waals surface area contributed by atoms with Crippen molar-refractivity contribution in [3.63, 3.8) is 0 Å². The first kappa shape index (κ1) is 17.5. The number of nitrogens with one attached hydrogen (secondary N) is 1. The molecule has 0 aliphatic heterocycles. The van der Waals surface area contributed by atoms with Crippen molar-refractivity contribution >= 4 is 34.2 Å². The van der Waals surface area contributed by atoms with Gasteiger partial charge in [-0.3, -0.25) is 4.79 Å². The van der Waals surface area contributed by atoms with Crippen molar-refractivity contribution in [1.82, 2.24) is 4.57 Å². The van der Waals surface area contributed by atoms with Crippen molar-refractivity contribution in [3.8, 4) is 0 Å². The summed E-state index contributed by atoms with van der Waals surface area (Å²) in [5, 5.41) is 3.70. The third-order valence-corrected chi connectivity index (χ3v) is 4.17. The van der Waals surface area contributed by atoms with Crippen LogP contribution >= 0.6 is 0 Å². The number of rotatable bonds is 5. The first-order valence-electron chi connectivity index (χ1n) is 8.23. The molecule has 6 nitrogen and oxygen atoms in total. The summed E-state index contributed by atoms with van der Waals surface area (Å²) in [6.07, 6.45) is 1.66. The molecule has 0 saturated carbocycles. The van der Waals surface area contributed by atoms with E-state index in [4.69, 9.17) is 4.74 Å². The van der Waals surface area contributed by atoms with Crippen LogP contribution in [-0.2, 0) is 16.1 Å². The van der Waals surface area contributed by atoms with Crippen molar-refractivity contribution < 1.29 is 14.3 Å². The summed E-state index contributed by atoms with van der Waals surface area (Å²) in [4.78, 5) is 26.5. The number of nitrogens with zero attached hydrogens (tertiary/aromatic N) is 2. The smallest absolute Gasteiger partial charge is 0.340 e. The molecule has 134 valence electrons. The van der Waals surface area contributed by atoms with Gasteiger partial charge in [0.2, 0.25) is 5.91 Å². The van der Waals surface area contributed by atoms with Gasteiger partial charge in [0, 0.05) is 31.2 Å². The summed E-state index contributed by atoms with van der Waals surface area (Å²) in [5.74, 6) is -0.588. The third kappa shape index (κ3) is 3.39. The van der Waals surface area contributed by atoms with E-state index >= 15 is 0 Å². The van der Waals surface area contributed by atoms with E-state index in [9.17, 15) is 9.59 Å². The number of amides is 1. The molecular formula is C20H21N3O3. The molecule has 0 bridgehead atoms. The van der Waals surface area contributed by atoms with Gasteiger partial charge in [-0.15, -0.1) is 0 Å². The summed E-state index contributed by atoms with van der Waals surface area (Å²) in [5.41, 5.74) is 2.93. The second-order valence-electron chi connectivity index (χ2n) is 6.14. The number of hydrogen-bond donors (Lipinski definition) is 1. The van der Waals surface area contributed by atoms with Crippen molar-refractivity contribution in [2.75, 3.05) is 31.4 Å². The van der Waals surface area contributed by atoms with Gasteiger partial charge < -0.3 is 19.5 Å². The summed E-state index contributed by atoms with van der Waals surface area (Å²) in [6.45, 7) is 0.0965. The van der Waals surface area contributed by atoms with Gasteiger partial charge in [0.25, 0.3) is 0 Å². The van der Waals surface area contributed by atoms with Gasteiger partial charge in [0.1, 0.15) is 6.54 Å². The Bertz CT molecular complexity index is 960. The zero-order valence-electron chi connectivity index (χ0n) is 15.0. The minimum Gasteiger partial charge on any atom is -0.465 e. The molecule has 0 unspecified atom stereocenters. The van der Waals surface area contributed by atoms with Gasteiger partial charge in [-0.2, -0.15) is 0 Å². The molecule has 1 heterocycles. The molecule has 1 N–H and O–H groups in total. The number of para-hydroxylation sites is 3. The van der Waals surface area contributed by atoms with E-state index < -0.39 is 5.97 Å². The number of carbonyl (C=O) groups is 2. The molecule has 0 spiro atoms. The number of anilines is 2. The predicted molar refractivity (Wildman–Crippen MR) is 103 cm³/mol. The maximum Gasteiger partial charge on any atom is 0.340 e. The minimum atomic E-state index is -0.418. The maximum atomic E-state index is 12.6. The van der Waals surface area contributed by atoms with E-state index in [0.717, 1.165) is 22.3 Å². The molecule has 0 fully saturated rings. The number of benzene rings is 2. The standard InChI is InChI=1S/C20H21N3O3/c1-22(2)18-11-7-5-9-16(18)21-19(24)13-23-12-15(20(25)26-3)14-8-4-6-10-17(14)23/h4-12H,13H2,1-3H3,(H,21,24). The molecule has 6 heteroatoms. The molecular weight excluding hydrogens is 330 g/mol. The molecule has 0 aliphatic carbocycles. The van der Waals surface area contributed by atoms with Crippen LogP contribution in [0.1, 0.15) is 10.4 Å². The van der Waals surface area contributed by atoms with E-state index in [1.165, 1.54) is 7.11 Å². The van der Waals surface area contributed by atoms with Gasteiger partial charge in [0.15, 0.2) is 0 Å². The van der Waals surface area contributed by atoms with Crippen LogP contribution in [0.5, 0.6) is 0 Å². The molecule has 1 aromatic heterocycles. The van der Waals surface area contributed by atoms with Crippen LogP contribution in [0.15, 0.2) is 54.7 Å². The summed E-state index contributed by atoms with van der Waals surface area (Å²) in [7, 11) is 5.19. The molecule has 26 heavy (non-hydrogen) atoms. The number of methoxy groups -OCH3 is 1. The summed E-state index contributed by atoms with van der Waals surface area (Å²) < 4.78 is 6.60. The lowest BCUT2D eigenvalue weighted by Crippen LogP contribution is -2.20. The first-order chi connectivity index (χ1) is 12.5. The highest BCUT2D eigenvalue weighted by molar-refractivity contribution is 6.05. The van der Waals surface area contributed by atoms with Gasteiger partial charge in [0.05, 0.1) is 24.0 Å². The molecule has 0 aliphatic rings. The third-order valence-electron chi connectivity index (χ3n) is 4.17. The second-order valence-corrected chi connectivity index (χ2v) is 6.14. The molecule has 0 radical (unpaired) electrons. The lowest BCUT2D eigenvalue weighted by atomic mass is 10.2. The predicted octanol–water partition coefficient (Wildman–Crippen LogP) is 3.13. The number of esters is 1. The van der Waals surface area contributed by atoms with E-state index in [2.05, 4.69) is 5.32 Å². The Morgan fingerprint density at radius 1 is 1.08 bits per heavy atom. The van der Waals surface area contributed by atoms with Gasteiger partial charge in [-0.05, 0) is 18.2 Å². The fraction of sp³-hybridized carbons (Fsp3) is 0.200. The SMILES string of the molecule is COC(=O)c1cn(CC(=O)Nc2ccccc2N(C)C)c2ccccc12. The Labute approximate surface area is 152 Å². The van der Waals surface area contributed by atoms with Crippen LogP contribution in [0, 0.1) is 0 Å². The molecule has 0 saturated heterocycles. The molecule has 1 amide bonds. The van der Waals surface area contributed by atoms with Crippen molar-refractivity contribution in [1.29, 1.82) is 0 Å². The number of carbonyl (C=O) groups excluding carboxylic acids is 2. The maximum absolute atomic E-state index is 12.6. The Balaban J connectivity index is 1.88. The number of ether oxygens (including phenoxy) is 1. The van der Waals surface area contributed by atoms with Crippen molar-refractivity contribution in [2.45, 2.75) is 6.54 Å². The highest BCUT2D eigenvalue weighted by Gasteiger charge is 2.17. The highest BCUT2D eigenvalue weighted by Crippen LogP contribution is 2.25. The Hall–Kier alpha value is -3.28. The van der Waals surface area contributed by atoms with Gasteiger partial charge >= 0.3 is 5.97 Å². The fourth-order valence-corrected chi connectivity index (χ4v) is 2.96. The quantitative estimate of drug-likeness (QED) is 0.718. The van der Waals surface area contributed by atoms with Gasteiger partial charge in [-0.25, -0.2) is 4.79 Å². The number of fused-ring (bicyclic) bond motifs is 1. The Morgan fingerprint density at radius 3 is 2.50 bits per heavy atom.